The summed E-state index contributed by atoms with van der Waals surface area (Å²) >= 11 is 0. The van der Waals surface area contributed by atoms with Crippen LogP contribution in [-0.2, 0) is 4.74 Å². The van der Waals surface area contributed by atoms with Crippen molar-refractivity contribution in [1.82, 2.24) is 9.88 Å². The predicted octanol–water partition coefficient (Wildman–Crippen LogP) is 2.88. The van der Waals surface area contributed by atoms with E-state index in [1.54, 1.807) is 29.2 Å². The molecule has 1 aromatic heterocycles. The molecule has 1 fully saturated rings. The van der Waals surface area contributed by atoms with Crippen LogP contribution < -0.4 is 10.1 Å². The summed E-state index contributed by atoms with van der Waals surface area (Å²) in [5.74, 6) is 0.305. The summed E-state index contributed by atoms with van der Waals surface area (Å²) < 4.78 is 23.7. The molecule has 1 aromatic carbocycles. The highest BCUT2D eigenvalue weighted by Gasteiger charge is 2.16. The Labute approximate surface area is 132 Å². The molecule has 2 aromatic rings. The Balaban J connectivity index is 1.59. The number of anilines is 1. The molecule has 0 saturated carbocycles. The van der Waals surface area contributed by atoms with E-state index in [1.807, 2.05) is 0 Å². The number of carbonyl (C=O) groups is 1. The average molecular weight is 317 g/mol. The summed E-state index contributed by atoms with van der Waals surface area (Å²) in [7, 11) is 0. The molecule has 120 valence electrons. The van der Waals surface area contributed by atoms with Crippen LogP contribution in [0, 0.1) is 5.82 Å². The highest BCUT2D eigenvalue weighted by molar-refractivity contribution is 5.89. The van der Waals surface area contributed by atoms with Gasteiger partial charge in [-0.25, -0.2) is 14.2 Å². The highest BCUT2D eigenvalue weighted by Crippen LogP contribution is 2.21. The average Bonchev–Trinajstić information content (AvgIpc) is 2.57. The highest BCUT2D eigenvalue weighted by atomic mass is 19.1. The first-order valence-corrected chi connectivity index (χ1v) is 7.24. The SMILES string of the molecule is O=C(Nc1ccc(Oc2cccc(F)c2)nc1)N1CCOCC1. The van der Waals surface area contributed by atoms with Crippen molar-refractivity contribution in [3.63, 3.8) is 0 Å². The monoisotopic (exact) mass is 317 g/mol. The molecule has 0 bridgehead atoms. The van der Waals surface area contributed by atoms with Gasteiger partial charge in [-0.15, -0.1) is 0 Å². The maximum absolute atomic E-state index is 13.1. The van der Waals surface area contributed by atoms with E-state index in [0.717, 1.165) is 0 Å². The number of urea groups is 1. The molecule has 1 aliphatic heterocycles. The largest absolute Gasteiger partial charge is 0.439 e. The molecule has 6 nitrogen and oxygen atoms in total. The van der Waals surface area contributed by atoms with Gasteiger partial charge in [0, 0.05) is 25.2 Å². The van der Waals surface area contributed by atoms with Gasteiger partial charge in [0.05, 0.1) is 25.1 Å². The number of pyridine rings is 1. The fraction of sp³-hybridized carbons (Fsp3) is 0.250. The van der Waals surface area contributed by atoms with Gasteiger partial charge >= 0.3 is 6.03 Å². The Hall–Kier alpha value is -2.67. The maximum Gasteiger partial charge on any atom is 0.322 e. The number of benzene rings is 1. The molecular weight excluding hydrogens is 301 g/mol. The minimum absolute atomic E-state index is 0.186. The van der Waals surface area contributed by atoms with Gasteiger partial charge in [-0.2, -0.15) is 0 Å². The molecule has 0 atom stereocenters. The van der Waals surface area contributed by atoms with Gasteiger partial charge in [-0.3, -0.25) is 0 Å². The molecule has 2 amide bonds. The topological polar surface area (TPSA) is 63.7 Å². The Morgan fingerprint density at radius 1 is 1.26 bits per heavy atom. The molecule has 0 spiro atoms. The van der Waals surface area contributed by atoms with Crippen molar-refractivity contribution in [3.8, 4) is 11.6 Å². The number of carbonyl (C=O) groups excluding carboxylic acids is 1. The van der Waals surface area contributed by atoms with Gasteiger partial charge in [0.15, 0.2) is 0 Å². The van der Waals surface area contributed by atoms with Crippen LogP contribution in [0.25, 0.3) is 0 Å². The van der Waals surface area contributed by atoms with Crippen molar-refractivity contribution >= 4 is 11.7 Å². The van der Waals surface area contributed by atoms with Crippen LogP contribution >= 0.6 is 0 Å². The molecule has 1 N–H and O–H groups in total. The van der Waals surface area contributed by atoms with Crippen molar-refractivity contribution in [3.05, 3.63) is 48.4 Å². The summed E-state index contributed by atoms with van der Waals surface area (Å²) in [5.41, 5.74) is 0.563. The lowest BCUT2D eigenvalue weighted by atomic mass is 10.3. The van der Waals surface area contributed by atoms with Gasteiger partial charge in [0.25, 0.3) is 0 Å². The van der Waals surface area contributed by atoms with Gasteiger partial charge < -0.3 is 19.7 Å². The van der Waals surface area contributed by atoms with E-state index < -0.39 is 0 Å². The summed E-state index contributed by atoms with van der Waals surface area (Å²) in [5, 5.41) is 2.77. The Morgan fingerprint density at radius 2 is 2.09 bits per heavy atom. The molecule has 0 radical (unpaired) electrons. The first-order valence-electron chi connectivity index (χ1n) is 7.24. The van der Waals surface area contributed by atoms with Crippen molar-refractivity contribution in [2.24, 2.45) is 0 Å². The second-order valence-corrected chi connectivity index (χ2v) is 4.97. The lowest BCUT2D eigenvalue weighted by molar-refractivity contribution is 0.0564. The van der Waals surface area contributed by atoms with E-state index in [0.29, 0.717) is 43.6 Å². The van der Waals surface area contributed by atoms with Crippen LogP contribution in [-0.4, -0.2) is 42.2 Å². The summed E-state index contributed by atoms with van der Waals surface area (Å²) in [6.07, 6.45) is 1.49. The summed E-state index contributed by atoms with van der Waals surface area (Å²) in [6.45, 7) is 2.23. The van der Waals surface area contributed by atoms with E-state index in [9.17, 15) is 9.18 Å². The third-order valence-electron chi connectivity index (χ3n) is 3.30. The van der Waals surface area contributed by atoms with E-state index in [2.05, 4.69) is 10.3 Å². The zero-order valence-corrected chi connectivity index (χ0v) is 12.4. The number of hydrogen-bond donors (Lipinski definition) is 1. The Kier molecular flexibility index (Phi) is 4.68. The lowest BCUT2D eigenvalue weighted by Gasteiger charge is -2.26. The van der Waals surface area contributed by atoms with E-state index in [1.165, 1.54) is 18.3 Å². The number of morpholine rings is 1. The summed E-state index contributed by atoms with van der Waals surface area (Å²) in [4.78, 5) is 17.8. The zero-order valence-electron chi connectivity index (χ0n) is 12.4. The number of halogens is 1. The number of ether oxygens (including phenoxy) is 2. The quantitative estimate of drug-likeness (QED) is 0.945. The van der Waals surface area contributed by atoms with Gasteiger partial charge in [0.1, 0.15) is 11.6 Å². The summed E-state index contributed by atoms with van der Waals surface area (Å²) in [6, 6.07) is 8.91. The number of rotatable bonds is 3. The van der Waals surface area contributed by atoms with E-state index >= 15 is 0 Å². The lowest BCUT2D eigenvalue weighted by Crippen LogP contribution is -2.43. The second kappa shape index (κ2) is 7.06. The van der Waals surface area contributed by atoms with Gasteiger partial charge in [0.2, 0.25) is 5.88 Å². The molecular formula is C16H16FN3O3. The smallest absolute Gasteiger partial charge is 0.322 e. The molecule has 2 heterocycles. The Morgan fingerprint density at radius 3 is 2.78 bits per heavy atom. The molecule has 1 aliphatic rings. The van der Waals surface area contributed by atoms with Crippen molar-refractivity contribution in [2.75, 3.05) is 31.6 Å². The minimum atomic E-state index is -0.378. The van der Waals surface area contributed by atoms with Crippen LogP contribution in [0.2, 0.25) is 0 Å². The molecule has 0 aliphatic carbocycles. The van der Waals surface area contributed by atoms with E-state index in [4.69, 9.17) is 9.47 Å². The van der Waals surface area contributed by atoms with Gasteiger partial charge in [-0.1, -0.05) is 6.07 Å². The number of aromatic nitrogens is 1. The van der Waals surface area contributed by atoms with Crippen LogP contribution in [0.15, 0.2) is 42.6 Å². The number of nitrogens with zero attached hydrogens (tertiary/aromatic N) is 2. The first kappa shape index (κ1) is 15.2. The molecule has 3 rings (SSSR count). The number of amides is 2. The van der Waals surface area contributed by atoms with Crippen molar-refractivity contribution < 1.29 is 18.7 Å². The minimum Gasteiger partial charge on any atom is -0.439 e. The zero-order chi connectivity index (χ0) is 16.1. The maximum atomic E-state index is 13.1. The molecule has 0 unspecified atom stereocenters. The first-order chi connectivity index (χ1) is 11.2. The fourth-order valence-corrected chi connectivity index (χ4v) is 2.13. The van der Waals surface area contributed by atoms with Crippen molar-refractivity contribution in [1.29, 1.82) is 0 Å². The van der Waals surface area contributed by atoms with Crippen LogP contribution in [0.5, 0.6) is 11.6 Å². The normalized spacial score (nSPS) is 14.4. The molecule has 7 heteroatoms. The van der Waals surface area contributed by atoms with Crippen LogP contribution in [0.3, 0.4) is 0 Å². The predicted molar refractivity (Wildman–Crippen MR) is 82.1 cm³/mol. The van der Waals surface area contributed by atoms with Crippen LogP contribution in [0.4, 0.5) is 14.9 Å². The van der Waals surface area contributed by atoms with E-state index in [-0.39, 0.29) is 11.8 Å². The third kappa shape index (κ3) is 4.17. The number of nitrogens with one attached hydrogen (secondary N) is 1. The standard InChI is InChI=1S/C16H16FN3O3/c17-12-2-1-3-14(10-12)23-15-5-4-13(11-18-15)19-16(21)20-6-8-22-9-7-20/h1-5,10-11H,6-9H2,(H,19,21). The van der Waals surface area contributed by atoms with Crippen molar-refractivity contribution in [2.45, 2.75) is 0 Å². The molecule has 23 heavy (non-hydrogen) atoms. The Bertz CT molecular complexity index is 673. The second-order valence-electron chi connectivity index (χ2n) is 4.97. The molecule has 1 saturated heterocycles. The number of hydrogen-bond acceptors (Lipinski definition) is 4. The van der Waals surface area contributed by atoms with Crippen LogP contribution in [0.1, 0.15) is 0 Å². The van der Waals surface area contributed by atoms with Gasteiger partial charge in [-0.05, 0) is 18.2 Å². The third-order valence-corrected chi connectivity index (χ3v) is 3.30. The fourth-order valence-electron chi connectivity index (χ4n) is 2.13.